The van der Waals surface area contributed by atoms with Gasteiger partial charge in [0.15, 0.2) is 11.2 Å². The van der Waals surface area contributed by atoms with Gasteiger partial charge < -0.3 is 9.72 Å². The van der Waals surface area contributed by atoms with Gasteiger partial charge in [0, 0.05) is 6.61 Å². The largest absolute Gasteiger partial charge is 0.361 e. The molecule has 0 saturated heterocycles. The van der Waals surface area contributed by atoms with Crippen molar-refractivity contribution in [2.75, 3.05) is 6.61 Å². The van der Waals surface area contributed by atoms with E-state index in [9.17, 15) is 4.79 Å². The number of aromatic nitrogens is 4. The Kier molecular flexibility index (Phi) is 3.00. The molecule has 86 valence electrons. The Labute approximate surface area is 92.3 Å². The molecule has 0 radical (unpaired) electrons. The number of imidazole rings is 1. The van der Waals surface area contributed by atoms with E-state index < -0.39 is 0 Å². The molecule has 0 fully saturated rings. The summed E-state index contributed by atoms with van der Waals surface area (Å²) in [7, 11) is 0. The summed E-state index contributed by atoms with van der Waals surface area (Å²) in [5.74, 6) is 0.578. The zero-order valence-electron chi connectivity index (χ0n) is 9.36. The van der Waals surface area contributed by atoms with Crippen LogP contribution in [-0.4, -0.2) is 26.1 Å². The molecule has 0 atom stereocenters. The molecule has 0 bridgehead atoms. The Hall–Kier alpha value is -1.69. The summed E-state index contributed by atoms with van der Waals surface area (Å²) in [6.07, 6.45) is 2.53. The lowest BCUT2D eigenvalue weighted by Crippen LogP contribution is -2.11. The van der Waals surface area contributed by atoms with E-state index in [-0.39, 0.29) is 5.56 Å². The van der Waals surface area contributed by atoms with Crippen LogP contribution >= 0.6 is 0 Å². The predicted octanol–water partition coefficient (Wildman–Crippen LogP) is 0.812. The minimum Gasteiger partial charge on any atom is -0.361 e. The molecule has 6 heteroatoms. The van der Waals surface area contributed by atoms with E-state index in [0.717, 1.165) is 6.42 Å². The number of nitrogens with zero attached hydrogens (tertiary/aromatic N) is 3. The van der Waals surface area contributed by atoms with E-state index >= 15 is 0 Å². The highest BCUT2D eigenvalue weighted by Crippen LogP contribution is 2.05. The maximum atomic E-state index is 11.5. The highest BCUT2D eigenvalue weighted by Gasteiger charge is 2.08. The van der Waals surface area contributed by atoms with Gasteiger partial charge in [-0.15, -0.1) is 0 Å². The van der Waals surface area contributed by atoms with Gasteiger partial charge in [0.25, 0.3) is 5.56 Å². The van der Waals surface area contributed by atoms with Crippen molar-refractivity contribution in [1.29, 1.82) is 0 Å². The second-order valence-electron chi connectivity index (χ2n) is 3.58. The van der Waals surface area contributed by atoms with Crippen LogP contribution in [-0.2, 0) is 11.5 Å². The molecular weight excluding hydrogens is 208 g/mol. The average Bonchev–Trinajstić information content (AvgIpc) is 2.62. The number of H-pyrrole nitrogens is 1. The van der Waals surface area contributed by atoms with E-state index in [1.807, 2.05) is 6.92 Å². The van der Waals surface area contributed by atoms with Gasteiger partial charge in [-0.25, -0.2) is 9.97 Å². The standard InChI is InChI=1S/C10H14N4O2/c1-3-4-16-6-14-5-11-8-9(14)12-7(2)13-10(8)15/h5H,3-4,6H2,1-2H3,(H,12,13,15). The number of aryl methyl sites for hydroxylation is 1. The van der Waals surface area contributed by atoms with Gasteiger partial charge in [0.1, 0.15) is 12.6 Å². The number of nitrogens with one attached hydrogen (secondary N) is 1. The number of hydrogen-bond donors (Lipinski definition) is 1. The molecule has 0 amide bonds. The van der Waals surface area contributed by atoms with Crippen molar-refractivity contribution in [3.63, 3.8) is 0 Å². The van der Waals surface area contributed by atoms with Gasteiger partial charge in [-0.05, 0) is 13.3 Å². The number of fused-ring (bicyclic) bond motifs is 1. The van der Waals surface area contributed by atoms with E-state index in [2.05, 4.69) is 15.0 Å². The maximum Gasteiger partial charge on any atom is 0.279 e. The van der Waals surface area contributed by atoms with Crippen LogP contribution in [0.25, 0.3) is 11.2 Å². The van der Waals surface area contributed by atoms with Crippen LogP contribution in [0, 0.1) is 6.92 Å². The van der Waals surface area contributed by atoms with Crippen molar-refractivity contribution < 1.29 is 4.74 Å². The average molecular weight is 222 g/mol. The first kappa shape index (κ1) is 10.8. The number of aromatic amines is 1. The second-order valence-corrected chi connectivity index (χ2v) is 3.58. The molecule has 0 unspecified atom stereocenters. The lowest BCUT2D eigenvalue weighted by molar-refractivity contribution is 0.0797. The first-order valence-electron chi connectivity index (χ1n) is 5.22. The molecule has 0 spiro atoms. The van der Waals surface area contributed by atoms with Gasteiger partial charge in [0.05, 0.1) is 6.33 Å². The van der Waals surface area contributed by atoms with Gasteiger partial charge in [0.2, 0.25) is 0 Å². The first-order chi connectivity index (χ1) is 7.72. The van der Waals surface area contributed by atoms with Crippen LogP contribution in [0.2, 0.25) is 0 Å². The summed E-state index contributed by atoms with van der Waals surface area (Å²) in [4.78, 5) is 22.4. The molecule has 0 aliphatic rings. The topological polar surface area (TPSA) is 72.8 Å². The third kappa shape index (κ3) is 1.96. The minimum absolute atomic E-state index is 0.211. The molecule has 2 rings (SSSR count). The molecule has 0 aromatic carbocycles. The van der Waals surface area contributed by atoms with Crippen molar-refractivity contribution in [2.45, 2.75) is 27.0 Å². The normalized spacial score (nSPS) is 11.1. The molecule has 2 aromatic heterocycles. The quantitative estimate of drug-likeness (QED) is 0.777. The highest BCUT2D eigenvalue weighted by molar-refractivity contribution is 5.69. The molecule has 16 heavy (non-hydrogen) atoms. The van der Waals surface area contributed by atoms with Crippen molar-refractivity contribution in [2.24, 2.45) is 0 Å². The molecule has 0 saturated carbocycles. The lowest BCUT2D eigenvalue weighted by Gasteiger charge is -2.04. The van der Waals surface area contributed by atoms with Crippen LogP contribution in [0.5, 0.6) is 0 Å². The number of ether oxygens (including phenoxy) is 1. The summed E-state index contributed by atoms with van der Waals surface area (Å²) >= 11 is 0. The number of rotatable bonds is 4. The van der Waals surface area contributed by atoms with Gasteiger partial charge in [-0.1, -0.05) is 6.92 Å². The summed E-state index contributed by atoms with van der Waals surface area (Å²) in [6, 6.07) is 0. The van der Waals surface area contributed by atoms with E-state index in [1.165, 1.54) is 0 Å². The molecular formula is C10H14N4O2. The molecule has 2 heterocycles. The summed E-state index contributed by atoms with van der Waals surface area (Å²) in [5.41, 5.74) is 0.708. The monoisotopic (exact) mass is 222 g/mol. The van der Waals surface area contributed by atoms with Crippen molar-refractivity contribution in [1.82, 2.24) is 19.5 Å². The van der Waals surface area contributed by atoms with Crippen LogP contribution in [0.1, 0.15) is 19.2 Å². The van der Waals surface area contributed by atoms with E-state index in [4.69, 9.17) is 4.74 Å². The fourth-order valence-corrected chi connectivity index (χ4v) is 1.47. The summed E-state index contributed by atoms with van der Waals surface area (Å²) < 4.78 is 7.12. The van der Waals surface area contributed by atoms with Crippen molar-refractivity contribution in [3.05, 3.63) is 22.5 Å². The first-order valence-corrected chi connectivity index (χ1v) is 5.22. The Balaban J connectivity index is 2.36. The smallest absolute Gasteiger partial charge is 0.279 e. The SMILES string of the molecule is CCCOCn1cnc2c(=O)[nH]c(C)nc21. The van der Waals surface area contributed by atoms with Crippen LogP contribution in [0.4, 0.5) is 0 Å². The minimum atomic E-state index is -0.211. The number of hydrogen-bond acceptors (Lipinski definition) is 4. The maximum absolute atomic E-state index is 11.5. The lowest BCUT2D eigenvalue weighted by atomic mass is 10.5. The van der Waals surface area contributed by atoms with Crippen LogP contribution in [0.15, 0.2) is 11.1 Å². The highest BCUT2D eigenvalue weighted by atomic mass is 16.5. The summed E-state index contributed by atoms with van der Waals surface area (Å²) in [5, 5.41) is 0. The third-order valence-corrected chi connectivity index (χ3v) is 2.17. The van der Waals surface area contributed by atoms with Crippen LogP contribution in [0.3, 0.4) is 0 Å². The van der Waals surface area contributed by atoms with E-state index in [1.54, 1.807) is 17.8 Å². The van der Waals surface area contributed by atoms with E-state index in [0.29, 0.717) is 30.3 Å². The molecule has 6 nitrogen and oxygen atoms in total. The fourth-order valence-electron chi connectivity index (χ4n) is 1.47. The molecule has 1 N–H and O–H groups in total. The second kappa shape index (κ2) is 4.44. The summed E-state index contributed by atoms with van der Waals surface area (Å²) in [6.45, 7) is 4.84. The van der Waals surface area contributed by atoms with Crippen molar-refractivity contribution in [3.8, 4) is 0 Å². The Morgan fingerprint density at radius 1 is 1.56 bits per heavy atom. The molecule has 0 aliphatic heterocycles. The van der Waals surface area contributed by atoms with Gasteiger partial charge in [-0.3, -0.25) is 9.36 Å². The van der Waals surface area contributed by atoms with Crippen molar-refractivity contribution >= 4 is 11.2 Å². The fraction of sp³-hybridized carbons (Fsp3) is 0.500. The third-order valence-electron chi connectivity index (χ3n) is 2.17. The zero-order chi connectivity index (χ0) is 11.5. The Morgan fingerprint density at radius 2 is 2.38 bits per heavy atom. The van der Waals surface area contributed by atoms with Gasteiger partial charge >= 0.3 is 0 Å². The molecule has 0 aliphatic carbocycles. The zero-order valence-corrected chi connectivity index (χ0v) is 9.36. The van der Waals surface area contributed by atoms with Crippen LogP contribution < -0.4 is 5.56 Å². The molecule has 2 aromatic rings. The Morgan fingerprint density at radius 3 is 3.12 bits per heavy atom. The predicted molar refractivity (Wildman–Crippen MR) is 59.1 cm³/mol. The van der Waals surface area contributed by atoms with Gasteiger partial charge in [-0.2, -0.15) is 0 Å². The Bertz CT molecular complexity index is 543.